The number of pyridine rings is 3. The van der Waals surface area contributed by atoms with Crippen molar-refractivity contribution in [1.82, 2.24) is 24.6 Å². The van der Waals surface area contributed by atoms with Crippen molar-refractivity contribution in [2.45, 2.75) is 39.5 Å². The van der Waals surface area contributed by atoms with E-state index in [4.69, 9.17) is 0 Å². The molecular formula is C23H20F2N6O2. The van der Waals surface area contributed by atoms with Crippen LogP contribution in [0, 0.1) is 19.8 Å². The molecule has 4 heterocycles. The zero-order valence-electron chi connectivity index (χ0n) is 18.2. The van der Waals surface area contributed by atoms with Gasteiger partial charge in [-0.3, -0.25) is 14.6 Å². The maximum atomic E-state index is 13.2. The number of carbonyl (C=O) groups is 2. The molecule has 1 fully saturated rings. The van der Waals surface area contributed by atoms with Crippen LogP contribution >= 0.6 is 0 Å². The molecule has 1 N–H and O–H groups in total. The number of rotatable bonds is 5. The molecule has 1 aliphatic carbocycles. The van der Waals surface area contributed by atoms with Gasteiger partial charge in [0.2, 0.25) is 5.91 Å². The highest BCUT2D eigenvalue weighted by Gasteiger charge is 2.61. The molecule has 4 aromatic rings. The Morgan fingerprint density at radius 3 is 2.58 bits per heavy atom. The zero-order valence-corrected chi connectivity index (χ0v) is 18.2. The standard InChI is InChI=1S/C23H20F2N6O2/c1-4-19(32)17-5-11(2)15(10-26-17)14-6-13-9-27-20(29-22(33)16-8-23(16,24)25)7-18(13)31-21(14)28-12(3)30-31/h5-7,9-10,16H,4,8H2,1-3H3,(H,27,29,33). The van der Waals surface area contributed by atoms with E-state index < -0.39 is 24.2 Å². The molecule has 0 saturated heterocycles. The fourth-order valence-electron chi connectivity index (χ4n) is 3.88. The SMILES string of the molecule is CCC(=O)c1cc(C)c(-c2cc3cnc(NC(=O)C4CC4(F)F)cc3n3nc(C)nc23)cn1. The summed E-state index contributed by atoms with van der Waals surface area (Å²) in [7, 11) is 0. The number of ketones is 1. The number of hydrogen-bond acceptors (Lipinski definition) is 6. The van der Waals surface area contributed by atoms with Gasteiger partial charge in [-0.1, -0.05) is 6.92 Å². The van der Waals surface area contributed by atoms with Gasteiger partial charge in [-0.05, 0) is 31.5 Å². The summed E-state index contributed by atoms with van der Waals surface area (Å²) in [6.07, 6.45) is 3.13. The third-order valence-electron chi connectivity index (χ3n) is 5.80. The van der Waals surface area contributed by atoms with E-state index in [1.54, 1.807) is 42.9 Å². The van der Waals surface area contributed by atoms with E-state index in [9.17, 15) is 18.4 Å². The highest BCUT2D eigenvalue weighted by atomic mass is 19.3. The van der Waals surface area contributed by atoms with Crippen molar-refractivity contribution in [3.8, 4) is 11.1 Å². The van der Waals surface area contributed by atoms with Crippen molar-refractivity contribution < 1.29 is 18.4 Å². The van der Waals surface area contributed by atoms with Crippen LogP contribution in [-0.4, -0.2) is 42.2 Å². The van der Waals surface area contributed by atoms with E-state index in [0.29, 0.717) is 34.5 Å². The first-order valence-corrected chi connectivity index (χ1v) is 10.5. The van der Waals surface area contributed by atoms with Crippen molar-refractivity contribution in [3.05, 3.63) is 47.7 Å². The second-order valence-corrected chi connectivity index (χ2v) is 8.25. The molecule has 4 aromatic heterocycles. The second kappa shape index (κ2) is 7.36. The van der Waals surface area contributed by atoms with E-state index in [0.717, 1.165) is 16.7 Å². The zero-order chi connectivity index (χ0) is 23.5. The number of alkyl halides is 2. The van der Waals surface area contributed by atoms with Gasteiger partial charge in [-0.15, -0.1) is 0 Å². The Morgan fingerprint density at radius 2 is 1.91 bits per heavy atom. The molecule has 8 nitrogen and oxygen atoms in total. The number of Topliss-reactive ketones (excluding diaryl/α,β-unsaturated/α-hetero) is 1. The van der Waals surface area contributed by atoms with Crippen LogP contribution in [0.25, 0.3) is 27.7 Å². The third-order valence-corrected chi connectivity index (χ3v) is 5.80. The molecule has 1 amide bonds. The number of anilines is 1. The van der Waals surface area contributed by atoms with E-state index >= 15 is 0 Å². The average Bonchev–Trinajstić information content (AvgIpc) is 3.24. The molecule has 0 radical (unpaired) electrons. The average molecular weight is 450 g/mol. The van der Waals surface area contributed by atoms with Crippen LogP contribution in [0.1, 0.15) is 41.6 Å². The van der Waals surface area contributed by atoms with Gasteiger partial charge in [0.15, 0.2) is 11.4 Å². The van der Waals surface area contributed by atoms with Crippen molar-refractivity contribution in [1.29, 1.82) is 0 Å². The number of nitrogens with one attached hydrogen (secondary N) is 1. The number of fused-ring (bicyclic) bond motifs is 3. The highest BCUT2D eigenvalue weighted by Crippen LogP contribution is 2.49. The summed E-state index contributed by atoms with van der Waals surface area (Å²) < 4.78 is 28.1. The number of aromatic nitrogens is 5. The number of carbonyl (C=O) groups excluding carboxylic acids is 2. The number of aryl methyl sites for hydroxylation is 2. The molecule has 5 rings (SSSR count). The van der Waals surface area contributed by atoms with Gasteiger partial charge >= 0.3 is 0 Å². The van der Waals surface area contributed by atoms with Crippen LogP contribution in [-0.2, 0) is 4.79 Å². The van der Waals surface area contributed by atoms with Crippen LogP contribution in [0.15, 0.2) is 30.6 Å². The van der Waals surface area contributed by atoms with Crippen LogP contribution in [0.5, 0.6) is 0 Å². The van der Waals surface area contributed by atoms with Crippen molar-refractivity contribution in [2.24, 2.45) is 5.92 Å². The van der Waals surface area contributed by atoms with Gasteiger partial charge in [0.25, 0.3) is 5.92 Å². The van der Waals surface area contributed by atoms with Crippen LogP contribution < -0.4 is 5.32 Å². The molecule has 0 spiro atoms. The first kappa shape index (κ1) is 21.0. The lowest BCUT2D eigenvalue weighted by atomic mass is 10.0. The topological polar surface area (TPSA) is 102 Å². The summed E-state index contributed by atoms with van der Waals surface area (Å²) in [5, 5.41) is 7.66. The fourth-order valence-corrected chi connectivity index (χ4v) is 3.88. The van der Waals surface area contributed by atoms with Gasteiger partial charge in [0.05, 0.1) is 5.52 Å². The Morgan fingerprint density at radius 1 is 1.15 bits per heavy atom. The minimum atomic E-state index is -2.95. The lowest BCUT2D eigenvalue weighted by molar-refractivity contribution is -0.119. The molecule has 1 aliphatic rings. The quantitative estimate of drug-likeness (QED) is 0.459. The molecule has 168 valence electrons. The lowest BCUT2D eigenvalue weighted by Gasteiger charge is -2.11. The Labute approximate surface area is 187 Å². The predicted molar refractivity (Wildman–Crippen MR) is 117 cm³/mol. The van der Waals surface area contributed by atoms with E-state index in [-0.39, 0.29) is 11.6 Å². The monoisotopic (exact) mass is 450 g/mol. The van der Waals surface area contributed by atoms with Gasteiger partial charge < -0.3 is 5.32 Å². The first-order valence-electron chi connectivity index (χ1n) is 10.5. The summed E-state index contributed by atoms with van der Waals surface area (Å²) in [5.41, 5.74) is 4.03. The number of nitrogens with zero attached hydrogens (tertiary/aromatic N) is 5. The number of halogens is 2. The van der Waals surface area contributed by atoms with E-state index in [2.05, 4.69) is 25.4 Å². The van der Waals surface area contributed by atoms with Crippen LogP contribution in [0.4, 0.5) is 14.6 Å². The predicted octanol–water partition coefficient (Wildman–Crippen LogP) is 4.14. The van der Waals surface area contributed by atoms with E-state index in [1.807, 2.05) is 13.0 Å². The molecule has 0 bridgehead atoms. The van der Waals surface area contributed by atoms with Gasteiger partial charge in [-0.25, -0.2) is 23.3 Å². The normalized spacial score (nSPS) is 16.8. The summed E-state index contributed by atoms with van der Waals surface area (Å²) in [6.45, 7) is 5.45. The minimum Gasteiger partial charge on any atom is -0.310 e. The van der Waals surface area contributed by atoms with E-state index in [1.165, 1.54) is 0 Å². The number of hydrogen-bond donors (Lipinski definition) is 1. The van der Waals surface area contributed by atoms with Crippen LogP contribution in [0.2, 0.25) is 0 Å². The maximum Gasteiger partial charge on any atom is 0.260 e. The second-order valence-electron chi connectivity index (χ2n) is 8.25. The molecule has 1 atom stereocenters. The van der Waals surface area contributed by atoms with Gasteiger partial charge in [0, 0.05) is 47.8 Å². The van der Waals surface area contributed by atoms with Crippen molar-refractivity contribution in [2.75, 3.05) is 5.32 Å². The molecule has 33 heavy (non-hydrogen) atoms. The van der Waals surface area contributed by atoms with Gasteiger partial charge in [-0.2, -0.15) is 5.10 Å². The molecular weight excluding hydrogens is 430 g/mol. The maximum absolute atomic E-state index is 13.2. The highest BCUT2D eigenvalue weighted by molar-refractivity contribution is 5.98. The lowest BCUT2D eigenvalue weighted by Crippen LogP contribution is -2.18. The first-order chi connectivity index (χ1) is 15.7. The molecule has 1 unspecified atom stereocenters. The third kappa shape index (κ3) is 3.61. The Bertz CT molecular complexity index is 1460. The summed E-state index contributed by atoms with van der Waals surface area (Å²) in [6, 6.07) is 5.24. The molecule has 10 heteroatoms. The fraction of sp³-hybridized carbons (Fsp3) is 0.304. The molecule has 1 saturated carbocycles. The van der Waals surface area contributed by atoms with Crippen LogP contribution in [0.3, 0.4) is 0 Å². The molecule has 0 aliphatic heterocycles. The Hall–Kier alpha value is -3.82. The largest absolute Gasteiger partial charge is 0.310 e. The Kier molecular flexibility index (Phi) is 4.70. The summed E-state index contributed by atoms with van der Waals surface area (Å²) in [4.78, 5) is 37.2. The minimum absolute atomic E-state index is 0.0330. The van der Waals surface area contributed by atoms with Crippen molar-refractivity contribution >= 4 is 34.1 Å². The summed E-state index contributed by atoms with van der Waals surface area (Å²) in [5.74, 6) is -4.35. The Balaban J connectivity index is 1.60. The smallest absolute Gasteiger partial charge is 0.260 e. The van der Waals surface area contributed by atoms with Crippen molar-refractivity contribution in [3.63, 3.8) is 0 Å². The molecule has 0 aromatic carbocycles. The van der Waals surface area contributed by atoms with Gasteiger partial charge in [0.1, 0.15) is 23.3 Å². The summed E-state index contributed by atoms with van der Waals surface area (Å²) >= 11 is 0. The number of amides is 1.